The van der Waals surface area contributed by atoms with Crippen molar-refractivity contribution in [3.63, 3.8) is 0 Å². The molecule has 0 spiro atoms. The van der Waals surface area contributed by atoms with Crippen LogP contribution < -0.4 is 10.1 Å². The number of fused-ring (bicyclic) bond motifs is 1. The quantitative estimate of drug-likeness (QED) is 0.740. The smallest absolute Gasteiger partial charge is 0.325 e. The van der Waals surface area contributed by atoms with Gasteiger partial charge >= 0.3 is 6.03 Å². The molecule has 1 N–H and O–H groups in total. The standard InChI is InChI=1S/C18H16N4O3/c1-25-13-8-6-12(7-9-13)22-15-5-3-2-4-14(15)20-16(22)11-21-17(23)10-19-18(21)24/h2-9H,10-11H2,1H3,(H,19,24). The van der Waals surface area contributed by atoms with Crippen molar-refractivity contribution in [3.8, 4) is 11.4 Å². The molecular formula is C18H16N4O3. The molecule has 2 heterocycles. The summed E-state index contributed by atoms with van der Waals surface area (Å²) in [7, 11) is 1.62. The number of nitrogens with zero attached hydrogens (tertiary/aromatic N) is 3. The van der Waals surface area contributed by atoms with Crippen LogP contribution in [0.1, 0.15) is 5.82 Å². The number of aromatic nitrogens is 2. The number of urea groups is 1. The summed E-state index contributed by atoms with van der Waals surface area (Å²) in [6, 6.07) is 14.9. The zero-order valence-electron chi connectivity index (χ0n) is 13.6. The summed E-state index contributed by atoms with van der Waals surface area (Å²) >= 11 is 0. The molecule has 3 amide bonds. The fourth-order valence-corrected chi connectivity index (χ4v) is 2.96. The van der Waals surface area contributed by atoms with E-state index >= 15 is 0 Å². The number of methoxy groups -OCH3 is 1. The molecule has 7 nitrogen and oxygen atoms in total. The monoisotopic (exact) mass is 336 g/mol. The van der Waals surface area contributed by atoms with Crippen LogP contribution in [0.4, 0.5) is 4.79 Å². The number of ether oxygens (including phenoxy) is 1. The first-order chi connectivity index (χ1) is 12.2. The number of carbonyl (C=O) groups excluding carboxylic acids is 2. The highest BCUT2D eigenvalue weighted by Gasteiger charge is 2.30. The van der Waals surface area contributed by atoms with Gasteiger partial charge in [-0.2, -0.15) is 0 Å². The van der Waals surface area contributed by atoms with Crippen LogP contribution in [0.2, 0.25) is 0 Å². The molecule has 0 atom stereocenters. The Bertz CT molecular complexity index is 946. The highest BCUT2D eigenvalue weighted by atomic mass is 16.5. The Labute approximate surface area is 143 Å². The van der Waals surface area contributed by atoms with Crippen LogP contribution in [-0.2, 0) is 11.3 Å². The van der Waals surface area contributed by atoms with E-state index in [4.69, 9.17) is 4.74 Å². The molecule has 7 heteroatoms. The Balaban J connectivity index is 1.83. The van der Waals surface area contributed by atoms with Crippen molar-refractivity contribution in [3.05, 3.63) is 54.4 Å². The van der Waals surface area contributed by atoms with Crippen molar-refractivity contribution in [2.75, 3.05) is 13.7 Å². The molecule has 1 aliphatic heterocycles. The third-order valence-electron chi connectivity index (χ3n) is 4.20. The minimum atomic E-state index is -0.390. The lowest BCUT2D eigenvalue weighted by atomic mass is 10.2. The number of nitrogens with one attached hydrogen (secondary N) is 1. The normalized spacial score (nSPS) is 14.2. The number of imide groups is 1. The van der Waals surface area contributed by atoms with Gasteiger partial charge < -0.3 is 10.1 Å². The van der Waals surface area contributed by atoms with E-state index in [1.54, 1.807) is 7.11 Å². The first kappa shape index (κ1) is 15.2. The molecule has 126 valence electrons. The van der Waals surface area contributed by atoms with Gasteiger partial charge in [-0.15, -0.1) is 0 Å². The fourth-order valence-electron chi connectivity index (χ4n) is 2.96. The number of rotatable bonds is 4. The third kappa shape index (κ3) is 2.59. The molecule has 0 unspecified atom stereocenters. The summed E-state index contributed by atoms with van der Waals surface area (Å²) in [6.07, 6.45) is 0. The molecule has 3 aromatic rings. The van der Waals surface area contributed by atoms with Crippen molar-refractivity contribution in [2.45, 2.75) is 6.54 Å². The van der Waals surface area contributed by atoms with Crippen LogP contribution in [0.15, 0.2) is 48.5 Å². The lowest BCUT2D eigenvalue weighted by Crippen LogP contribution is -2.31. The highest BCUT2D eigenvalue weighted by molar-refractivity contribution is 6.01. The van der Waals surface area contributed by atoms with Crippen LogP contribution in [0, 0.1) is 0 Å². The molecule has 1 fully saturated rings. The number of benzene rings is 2. The van der Waals surface area contributed by atoms with Crippen molar-refractivity contribution in [2.24, 2.45) is 0 Å². The number of imidazole rings is 1. The highest BCUT2D eigenvalue weighted by Crippen LogP contribution is 2.24. The molecular weight excluding hydrogens is 320 g/mol. The predicted molar refractivity (Wildman–Crippen MR) is 91.6 cm³/mol. The molecule has 1 aromatic heterocycles. The molecule has 0 saturated carbocycles. The van der Waals surface area contributed by atoms with Gasteiger partial charge in [-0.05, 0) is 36.4 Å². The molecule has 1 aliphatic rings. The van der Waals surface area contributed by atoms with E-state index in [1.807, 2.05) is 53.1 Å². The number of carbonyl (C=O) groups is 2. The number of hydrogen-bond acceptors (Lipinski definition) is 4. The van der Waals surface area contributed by atoms with Crippen molar-refractivity contribution < 1.29 is 14.3 Å². The van der Waals surface area contributed by atoms with Gasteiger partial charge in [0, 0.05) is 5.69 Å². The summed E-state index contributed by atoms with van der Waals surface area (Å²) < 4.78 is 7.16. The molecule has 0 radical (unpaired) electrons. The second-order valence-electron chi connectivity index (χ2n) is 5.69. The largest absolute Gasteiger partial charge is 0.497 e. The van der Waals surface area contributed by atoms with Gasteiger partial charge in [-0.25, -0.2) is 9.78 Å². The lowest BCUT2D eigenvalue weighted by molar-refractivity contribution is -0.125. The van der Waals surface area contributed by atoms with Gasteiger partial charge in [-0.1, -0.05) is 12.1 Å². The number of para-hydroxylation sites is 2. The SMILES string of the molecule is COc1ccc(-n2c(CN3C(=O)CNC3=O)nc3ccccc32)cc1. The van der Waals surface area contributed by atoms with E-state index in [2.05, 4.69) is 10.3 Å². The third-order valence-corrected chi connectivity index (χ3v) is 4.20. The molecule has 0 bridgehead atoms. The van der Waals surface area contributed by atoms with Gasteiger partial charge in [0.15, 0.2) is 0 Å². The van der Waals surface area contributed by atoms with Crippen LogP contribution in [0.5, 0.6) is 5.75 Å². The minimum absolute atomic E-state index is 0.0294. The molecule has 1 saturated heterocycles. The summed E-state index contributed by atoms with van der Waals surface area (Å²) in [5.41, 5.74) is 2.60. The summed E-state index contributed by atoms with van der Waals surface area (Å²) in [4.78, 5) is 29.6. The van der Waals surface area contributed by atoms with E-state index in [0.29, 0.717) is 5.82 Å². The first-order valence-corrected chi connectivity index (χ1v) is 7.86. The minimum Gasteiger partial charge on any atom is -0.497 e. The average molecular weight is 336 g/mol. The average Bonchev–Trinajstić information content (AvgIpc) is 3.16. The van der Waals surface area contributed by atoms with E-state index in [9.17, 15) is 9.59 Å². The molecule has 25 heavy (non-hydrogen) atoms. The van der Waals surface area contributed by atoms with Gasteiger partial charge in [-0.3, -0.25) is 14.3 Å². The van der Waals surface area contributed by atoms with Gasteiger partial charge in [0.2, 0.25) is 5.91 Å². The van der Waals surface area contributed by atoms with E-state index < -0.39 is 6.03 Å². The lowest BCUT2D eigenvalue weighted by Gasteiger charge is -2.14. The van der Waals surface area contributed by atoms with E-state index in [1.165, 1.54) is 4.90 Å². The van der Waals surface area contributed by atoms with Gasteiger partial charge in [0.05, 0.1) is 31.2 Å². The molecule has 4 rings (SSSR count). The van der Waals surface area contributed by atoms with E-state index in [0.717, 1.165) is 22.5 Å². The zero-order chi connectivity index (χ0) is 17.4. The molecule has 2 aromatic carbocycles. The Kier molecular flexibility index (Phi) is 3.61. The number of hydrogen-bond donors (Lipinski definition) is 1. The van der Waals surface area contributed by atoms with Crippen LogP contribution in [0.3, 0.4) is 0 Å². The van der Waals surface area contributed by atoms with Crippen LogP contribution >= 0.6 is 0 Å². The second kappa shape index (κ2) is 5.94. The van der Waals surface area contributed by atoms with Crippen molar-refractivity contribution >= 4 is 23.0 Å². The maximum absolute atomic E-state index is 11.9. The second-order valence-corrected chi connectivity index (χ2v) is 5.69. The Hall–Kier alpha value is -3.35. The maximum Gasteiger partial charge on any atom is 0.325 e. The Morgan fingerprint density at radius 1 is 1.12 bits per heavy atom. The summed E-state index contributed by atoms with van der Waals surface area (Å²) in [6.45, 7) is 0.146. The first-order valence-electron chi connectivity index (χ1n) is 7.86. The zero-order valence-corrected chi connectivity index (χ0v) is 13.6. The van der Waals surface area contributed by atoms with Crippen LogP contribution in [0.25, 0.3) is 16.7 Å². The van der Waals surface area contributed by atoms with Crippen molar-refractivity contribution in [1.82, 2.24) is 19.8 Å². The predicted octanol–water partition coefficient (Wildman–Crippen LogP) is 2.09. The molecule has 0 aliphatic carbocycles. The summed E-state index contributed by atoms with van der Waals surface area (Å²) in [5.74, 6) is 1.12. The van der Waals surface area contributed by atoms with E-state index in [-0.39, 0.29) is 19.0 Å². The van der Waals surface area contributed by atoms with Gasteiger partial charge in [0.1, 0.15) is 11.6 Å². The van der Waals surface area contributed by atoms with Crippen molar-refractivity contribution in [1.29, 1.82) is 0 Å². The fraction of sp³-hybridized carbons (Fsp3) is 0.167. The maximum atomic E-state index is 11.9. The Morgan fingerprint density at radius 2 is 1.88 bits per heavy atom. The van der Waals surface area contributed by atoms with Crippen LogP contribution in [-0.4, -0.2) is 40.0 Å². The van der Waals surface area contributed by atoms with Gasteiger partial charge in [0.25, 0.3) is 0 Å². The topological polar surface area (TPSA) is 76.5 Å². The summed E-state index contributed by atoms with van der Waals surface area (Å²) in [5, 5.41) is 2.53. The number of amides is 3. The Morgan fingerprint density at radius 3 is 2.56 bits per heavy atom.